The summed E-state index contributed by atoms with van der Waals surface area (Å²) in [5, 5.41) is 22.2. The van der Waals surface area contributed by atoms with E-state index in [4.69, 9.17) is 5.11 Å². The van der Waals surface area contributed by atoms with Crippen molar-refractivity contribution in [3.63, 3.8) is 0 Å². The molecule has 0 aliphatic carbocycles. The fourth-order valence-electron chi connectivity index (χ4n) is 1.48. The Kier molecular flexibility index (Phi) is 4.99. The Morgan fingerprint density at radius 3 is 2.79 bits per heavy atom. The van der Waals surface area contributed by atoms with Crippen molar-refractivity contribution in [3.8, 4) is 0 Å². The Hall–Kier alpha value is -2.44. The second-order valence-electron chi connectivity index (χ2n) is 3.70. The van der Waals surface area contributed by atoms with Crippen molar-refractivity contribution in [2.75, 3.05) is 11.9 Å². The quantitative estimate of drug-likeness (QED) is 0.358. The second-order valence-corrected chi connectivity index (χ2v) is 3.70. The molecule has 7 heteroatoms. The largest absolute Gasteiger partial charge is 0.477 e. The van der Waals surface area contributed by atoms with Crippen molar-refractivity contribution in [2.24, 2.45) is 0 Å². The van der Waals surface area contributed by atoms with Crippen LogP contribution in [0.2, 0.25) is 0 Å². The van der Waals surface area contributed by atoms with Gasteiger partial charge in [-0.3, -0.25) is 10.1 Å². The third-order valence-corrected chi connectivity index (χ3v) is 2.37. The average Bonchev–Trinajstić information content (AvgIpc) is 2.35. The molecule has 0 aliphatic heterocycles. The van der Waals surface area contributed by atoms with Crippen LogP contribution in [0.1, 0.15) is 23.7 Å². The standard InChI is InChI=1S/C12H13FN2O4/c1-2-3-4-5-14-10-6-8(12(16)17)11(15(18)19)7-9(10)13/h2-3,6-7,14H,4-5H2,1H3,(H,16,17)/b3-2+. The summed E-state index contributed by atoms with van der Waals surface area (Å²) < 4.78 is 13.6. The van der Waals surface area contributed by atoms with Gasteiger partial charge in [-0.25, -0.2) is 9.18 Å². The van der Waals surface area contributed by atoms with Crippen LogP contribution in [-0.4, -0.2) is 22.5 Å². The van der Waals surface area contributed by atoms with E-state index in [0.29, 0.717) is 19.0 Å². The predicted octanol–water partition coefficient (Wildman–Crippen LogP) is 2.81. The first kappa shape index (κ1) is 14.6. The molecule has 102 valence electrons. The number of carboxylic acid groups (broad SMARTS) is 1. The maximum absolute atomic E-state index is 13.6. The van der Waals surface area contributed by atoms with Crippen LogP contribution in [0.15, 0.2) is 24.3 Å². The average molecular weight is 268 g/mol. The number of hydrogen-bond donors (Lipinski definition) is 2. The van der Waals surface area contributed by atoms with Gasteiger partial charge in [-0.1, -0.05) is 12.2 Å². The molecule has 0 saturated carbocycles. The minimum absolute atomic E-state index is 0.0625. The Morgan fingerprint density at radius 1 is 1.58 bits per heavy atom. The predicted molar refractivity (Wildman–Crippen MR) is 67.9 cm³/mol. The van der Waals surface area contributed by atoms with Gasteiger partial charge in [0.1, 0.15) is 5.56 Å². The maximum atomic E-state index is 13.6. The molecule has 0 unspecified atom stereocenters. The van der Waals surface area contributed by atoms with Crippen LogP contribution in [-0.2, 0) is 0 Å². The van der Waals surface area contributed by atoms with Crippen LogP contribution in [0.4, 0.5) is 15.8 Å². The first-order valence-electron chi connectivity index (χ1n) is 5.53. The van der Waals surface area contributed by atoms with Crippen molar-refractivity contribution in [1.29, 1.82) is 0 Å². The number of rotatable bonds is 6. The molecule has 0 spiro atoms. The lowest BCUT2D eigenvalue weighted by Gasteiger charge is -2.07. The molecular formula is C12H13FN2O4. The maximum Gasteiger partial charge on any atom is 0.342 e. The van der Waals surface area contributed by atoms with Crippen molar-refractivity contribution < 1.29 is 19.2 Å². The third-order valence-electron chi connectivity index (χ3n) is 2.37. The van der Waals surface area contributed by atoms with Crippen LogP contribution in [0.25, 0.3) is 0 Å². The minimum Gasteiger partial charge on any atom is -0.477 e. The summed E-state index contributed by atoms with van der Waals surface area (Å²) in [5.74, 6) is -2.32. The molecule has 0 saturated heterocycles. The van der Waals surface area contributed by atoms with Crippen LogP contribution in [0, 0.1) is 15.9 Å². The highest BCUT2D eigenvalue weighted by molar-refractivity contribution is 5.93. The smallest absolute Gasteiger partial charge is 0.342 e. The number of halogens is 1. The molecule has 1 aromatic rings. The zero-order valence-corrected chi connectivity index (χ0v) is 10.2. The van der Waals surface area contributed by atoms with E-state index in [9.17, 15) is 19.3 Å². The van der Waals surface area contributed by atoms with E-state index in [1.165, 1.54) is 0 Å². The summed E-state index contributed by atoms with van der Waals surface area (Å²) in [6.45, 7) is 2.24. The van der Waals surface area contributed by atoms with Gasteiger partial charge < -0.3 is 10.4 Å². The van der Waals surface area contributed by atoms with E-state index in [1.54, 1.807) is 0 Å². The van der Waals surface area contributed by atoms with Gasteiger partial charge in [0.05, 0.1) is 16.7 Å². The number of nitro benzene ring substituents is 1. The Morgan fingerprint density at radius 2 is 2.26 bits per heavy atom. The van der Waals surface area contributed by atoms with E-state index in [0.717, 1.165) is 6.07 Å². The summed E-state index contributed by atoms with van der Waals surface area (Å²) in [4.78, 5) is 20.6. The first-order chi connectivity index (χ1) is 8.97. The van der Waals surface area contributed by atoms with E-state index in [-0.39, 0.29) is 5.69 Å². The van der Waals surface area contributed by atoms with Gasteiger partial charge in [-0.05, 0) is 19.4 Å². The van der Waals surface area contributed by atoms with E-state index in [2.05, 4.69) is 5.32 Å². The number of carboxylic acids is 1. The van der Waals surface area contributed by atoms with Crippen molar-refractivity contribution in [3.05, 3.63) is 45.8 Å². The fourth-order valence-corrected chi connectivity index (χ4v) is 1.48. The number of nitrogens with zero attached hydrogens (tertiary/aromatic N) is 1. The number of nitrogens with one attached hydrogen (secondary N) is 1. The number of benzene rings is 1. The lowest BCUT2D eigenvalue weighted by molar-refractivity contribution is -0.385. The normalized spacial score (nSPS) is 10.6. The summed E-state index contributed by atoms with van der Waals surface area (Å²) in [6.07, 6.45) is 4.32. The fraction of sp³-hybridized carbons (Fsp3) is 0.250. The highest BCUT2D eigenvalue weighted by Crippen LogP contribution is 2.26. The molecule has 19 heavy (non-hydrogen) atoms. The Bertz CT molecular complexity index is 529. The highest BCUT2D eigenvalue weighted by Gasteiger charge is 2.23. The molecule has 0 heterocycles. The molecule has 2 N–H and O–H groups in total. The number of hydrogen-bond acceptors (Lipinski definition) is 4. The van der Waals surface area contributed by atoms with Crippen LogP contribution < -0.4 is 5.32 Å². The molecule has 1 aromatic carbocycles. The van der Waals surface area contributed by atoms with Gasteiger partial charge in [0.15, 0.2) is 5.82 Å². The molecule has 6 nitrogen and oxygen atoms in total. The number of anilines is 1. The Labute approximate surface area is 108 Å². The molecule has 0 radical (unpaired) electrons. The number of aromatic carboxylic acids is 1. The summed E-state index contributed by atoms with van der Waals surface area (Å²) >= 11 is 0. The number of allylic oxidation sites excluding steroid dienone is 1. The molecule has 1 rings (SSSR count). The highest BCUT2D eigenvalue weighted by atomic mass is 19.1. The Balaban J connectivity index is 3.03. The first-order valence-corrected chi connectivity index (χ1v) is 5.53. The van der Waals surface area contributed by atoms with Crippen molar-refractivity contribution in [2.45, 2.75) is 13.3 Å². The van der Waals surface area contributed by atoms with Crippen LogP contribution in [0.3, 0.4) is 0 Å². The molecule has 0 atom stereocenters. The van der Waals surface area contributed by atoms with Gasteiger partial charge in [-0.15, -0.1) is 0 Å². The molecule has 0 bridgehead atoms. The van der Waals surface area contributed by atoms with E-state index >= 15 is 0 Å². The van der Waals surface area contributed by atoms with Crippen LogP contribution in [0.5, 0.6) is 0 Å². The lowest BCUT2D eigenvalue weighted by Crippen LogP contribution is -2.08. The minimum atomic E-state index is -1.47. The number of carbonyl (C=O) groups is 1. The van der Waals surface area contributed by atoms with Gasteiger partial charge in [0.25, 0.3) is 5.69 Å². The second kappa shape index (κ2) is 6.48. The molecule has 0 amide bonds. The molecular weight excluding hydrogens is 255 g/mol. The molecule has 0 aromatic heterocycles. The van der Waals surface area contributed by atoms with Crippen molar-refractivity contribution in [1.82, 2.24) is 0 Å². The van der Waals surface area contributed by atoms with Gasteiger partial charge in [0, 0.05) is 6.54 Å². The summed E-state index contributed by atoms with van der Waals surface area (Å²) in [5.41, 5.74) is -1.36. The zero-order valence-electron chi connectivity index (χ0n) is 10.2. The molecule has 0 fully saturated rings. The van der Waals surface area contributed by atoms with Gasteiger partial charge >= 0.3 is 5.97 Å². The van der Waals surface area contributed by atoms with Gasteiger partial charge in [-0.2, -0.15) is 0 Å². The SMILES string of the molecule is C/C=C/CCNc1cc(C(=O)O)c([N+](=O)[O-])cc1F. The summed E-state index contributed by atoms with van der Waals surface area (Å²) in [6, 6.07) is 1.55. The number of nitro groups is 1. The third kappa shape index (κ3) is 3.77. The van der Waals surface area contributed by atoms with Gasteiger partial charge in [0.2, 0.25) is 0 Å². The van der Waals surface area contributed by atoms with E-state index in [1.807, 2.05) is 19.1 Å². The van der Waals surface area contributed by atoms with E-state index < -0.39 is 28.0 Å². The summed E-state index contributed by atoms with van der Waals surface area (Å²) in [7, 11) is 0. The monoisotopic (exact) mass is 268 g/mol. The zero-order chi connectivity index (χ0) is 14.4. The lowest BCUT2D eigenvalue weighted by atomic mass is 10.1. The topological polar surface area (TPSA) is 92.5 Å². The molecule has 0 aliphatic rings. The van der Waals surface area contributed by atoms with Crippen molar-refractivity contribution >= 4 is 17.3 Å². The van der Waals surface area contributed by atoms with Crippen LogP contribution >= 0.6 is 0 Å².